The zero-order chi connectivity index (χ0) is 25.7. The molecule has 190 valence electrons. The van der Waals surface area contributed by atoms with Gasteiger partial charge in [0, 0.05) is 37.9 Å². The van der Waals surface area contributed by atoms with Crippen molar-refractivity contribution in [3.05, 3.63) is 53.4 Å². The number of anilines is 2. The fourth-order valence-corrected chi connectivity index (χ4v) is 6.73. The van der Waals surface area contributed by atoms with Crippen LogP contribution >= 0.6 is 11.3 Å². The number of hydrogen-bond donors (Lipinski definition) is 0. The lowest BCUT2D eigenvalue weighted by Gasteiger charge is -2.34. The predicted octanol–water partition coefficient (Wildman–Crippen LogP) is 3.56. The van der Waals surface area contributed by atoms with Gasteiger partial charge in [-0.15, -0.1) is 21.5 Å². The molecular formula is C23H22F3N5O3S2. The van der Waals surface area contributed by atoms with Crippen LogP contribution < -0.4 is 9.80 Å². The molecule has 1 atom stereocenters. The highest BCUT2D eigenvalue weighted by Crippen LogP contribution is 2.37. The second-order valence-corrected chi connectivity index (χ2v) is 11.5. The zero-order valence-corrected chi connectivity index (χ0v) is 20.8. The number of rotatable bonds is 4. The summed E-state index contributed by atoms with van der Waals surface area (Å²) in [4.78, 5) is 15.5. The van der Waals surface area contributed by atoms with Gasteiger partial charge >= 0.3 is 12.1 Å². The Balaban J connectivity index is 1.28. The van der Waals surface area contributed by atoms with Crippen LogP contribution in [-0.2, 0) is 21.2 Å². The van der Waals surface area contributed by atoms with Crippen molar-refractivity contribution in [1.82, 2.24) is 14.5 Å². The van der Waals surface area contributed by atoms with Gasteiger partial charge in [-0.25, -0.2) is 8.42 Å². The second-order valence-electron chi connectivity index (χ2n) is 8.66. The zero-order valence-electron chi connectivity index (χ0n) is 19.1. The van der Waals surface area contributed by atoms with Gasteiger partial charge in [-0.05, 0) is 60.7 Å². The molecule has 3 aromatic rings. The Bertz CT molecular complexity index is 1370. The molecule has 1 amide bonds. The molecule has 0 aliphatic carbocycles. The molecule has 1 saturated heterocycles. The van der Waals surface area contributed by atoms with Crippen LogP contribution in [-0.4, -0.2) is 67.2 Å². The normalized spacial score (nSPS) is 18.9. The van der Waals surface area contributed by atoms with Crippen LogP contribution in [0.1, 0.15) is 12.5 Å². The van der Waals surface area contributed by atoms with Gasteiger partial charge in [0.2, 0.25) is 10.0 Å². The monoisotopic (exact) mass is 537 g/mol. The number of aromatic nitrogens is 2. The molecule has 4 heterocycles. The third-order valence-corrected chi connectivity index (χ3v) is 9.14. The topological polar surface area (TPSA) is 86.7 Å². The fraction of sp³-hybridized carbons (Fsp3) is 0.348. The van der Waals surface area contributed by atoms with Crippen LogP contribution in [0, 0.1) is 0 Å². The van der Waals surface area contributed by atoms with Crippen molar-refractivity contribution in [2.24, 2.45) is 0 Å². The van der Waals surface area contributed by atoms with Crippen LogP contribution in [0.4, 0.5) is 24.7 Å². The maximum absolute atomic E-state index is 13.3. The van der Waals surface area contributed by atoms with E-state index in [0.29, 0.717) is 29.4 Å². The van der Waals surface area contributed by atoms with Crippen LogP contribution in [0.3, 0.4) is 0 Å². The average Bonchev–Trinajstić information content (AvgIpc) is 3.50. The van der Waals surface area contributed by atoms with Crippen molar-refractivity contribution in [3.63, 3.8) is 0 Å². The molecule has 0 saturated carbocycles. The van der Waals surface area contributed by atoms with Gasteiger partial charge in [0.15, 0.2) is 5.82 Å². The first-order chi connectivity index (χ1) is 17.1. The standard InChI is InChI=1S/C23H22F3N5O3S2/c1-15-13-16-14-17(4-6-19(16)31(15)22(32)23(24,25)26)36(33,34)30-10-8-29(9-11-30)21-7-5-18(27-28-21)20-3-2-12-35-20/h2-7,12,14-15H,8-11,13H2,1H3. The summed E-state index contributed by atoms with van der Waals surface area (Å²) < 4.78 is 67.0. The lowest BCUT2D eigenvalue weighted by Crippen LogP contribution is -2.49. The lowest BCUT2D eigenvalue weighted by atomic mass is 10.1. The van der Waals surface area contributed by atoms with E-state index in [1.807, 2.05) is 34.5 Å². The highest BCUT2D eigenvalue weighted by atomic mass is 32.2. The third kappa shape index (κ3) is 4.46. The fourth-order valence-electron chi connectivity index (χ4n) is 4.57. The van der Waals surface area contributed by atoms with Gasteiger partial charge in [-0.1, -0.05) is 6.07 Å². The van der Waals surface area contributed by atoms with E-state index in [2.05, 4.69) is 10.2 Å². The van der Waals surface area contributed by atoms with Gasteiger partial charge in [0.05, 0.1) is 9.77 Å². The maximum Gasteiger partial charge on any atom is 0.471 e. The Morgan fingerprint density at radius 2 is 1.81 bits per heavy atom. The minimum atomic E-state index is -5.01. The number of fused-ring (bicyclic) bond motifs is 1. The van der Waals surface area contributed by atoms with E-state index in [0.717, 1.165) is 10.6 Å². The van der Waals surface area contributed by atoms with E-state index in [4.69, 9.17) is 0 Å². The lowest BCUT2D eigenvalue weighted by molar-refractivity contribution is -0.170. The SMILES string of the molecule is CC1Cc2cc(S(=O)(=O)N3CCN(c4ccc(-c5cccs5)nn4)CC3)ccc2N1C(=O)C(F)(F)F. The first kappa shape index (κ1) is 24.7. The predicted molar refractivity (Wildman–Crippen MR) is 129 cm³/mol. The van der Waals surface area contributed by atoms with Crippen molar-refractivity contribution in [2.45, 2.75) is 30.5 Å². The number of sulfonamides is 1. The molecule has 0 radical (unpaired) electrons. The van der Waals surface area contributed by atoms with E-state index < -0.39 is 28.1 Å². The number of piperazine rings is 1. The molecule has 0 spiro atoms. The minimum absolute atomic E-state index is 0.00306. The number of carbonyl (C=O) groups excluding carboxylic acids is 1. The molecule has 1 fully saturated rings. The van der Waals surface area contributed by atoms with Crippen LogP contribution in [0.2, 0.25) is 0 Å². The smallest absolute Gasteiger partial charge is 0.352 e. The summed E-state index contributed by atoms with van der Waals surface area (Å²) in [6, 6.07) is 10.9. The Labute approximate surface area is 210 Å². The van der Waals surface area contributed by atoms with Gasteiger partial charge in [0.1, 0.15) is 5.69 Å². The number of thiophene rings is 1. The Morgan fingerprint density at radius 3 is 2.42 bits per heavy atom. The molecule has 0 bridgehead atoms. The quantitative estimate of drug-likeness (QED) is 0.506. The summed E-state index contributed by atoms with van der Waals surface area (Å²) >= 11 is 1.57. The molecule has 0 N–H and O–H groups in total. The van der Waals surface area contributed by atoms with Crippen LogP contribution in [0.5, 0.6) is 0 Å². The molecule has 5 rings (SSSR count). The number of benzene rings is 1. The largest absolute Gasteiger partial charge is 0.471 e. The van der Waals surface area contributed by atoms with E-state index in [-0.39, 0.29) is 30.1 Å². The molecule has 36 heavy (non-hydrogen) atoms. The first-order valence-electron chi connectivity index (χ1n) is 11.2. The van der Waals surface area contributed by atoms with Crippen molar-refractivity contribution in [2.75, 3.05) is 36.0 Å². The van der Waals surface area contributed by atoms with Gasteiger partial charge in [-0.3, -0.25) is 4.79 Å². The molecule has 1 unspecified atom stereocenters. The molecule has 1 aromatic carbocycles. The van der Waals surface area contributed by atoms with Gasteiger partial charge < -0.3 is 9.80 Å². The summed E-state index contributed by atoms with van der Waals surface area (Å²) in [5.74, 6) is -1.29. The molecule has 2 aliphatic heterocycles. The average molecular weight is 538 g/mol. The highest BCUT2D eigenvalue weighted by molar-refractivity contribution is 7.89. The Hall–Kier alpha value is -3.03. The number of alkyl halides is 3. The summed E-state index contributed by atoms with van der Waals surface area (Å²) in [7, 11) is -3.86. The number of hydrogen-bond acceptors (Lipinski definition) is 7. The Kier molecular flexibility index (Phi) is 6.25. The minimum Gasteiger partial charge on any atom is -0.352 e. The number of carbonyl (C=O) groups is 1. The number of halogens is 3. The molecular weight excluding hydrogens is 515 g/mol. The van der Waals surface area contributed by atoms with Crippen molar-refractivity contribution in [1.29, 1.82) is 0 Å². The summed E-state index contributed by atoms with van der Waals surface area (Å²) in [6.45, 7) is 2.79. The summed E-state index contributed by atoms with van der Waals surface area (Å²) in [5, 5.41) is 10.5. The van der Waals surface area contributed by atoms with Crippen molar-refractivity contribution in [3.8, 4) is 10.6 Å². The number of amides is 1. The molecule has 13 heteroatoms. The summed E-state index contributed by atoms with van der Waals surface area (Å²) in [5.41, 5.74) is 1.27. The second kappa shape index (κ2) is 9.12. The maximum atomic E-state index is 13.3. The number of nitrogens with zero attached hydrogens (tertiary/aromatic N) is 5. The molecule has 2 aromatic heterocycles. The summed E-state index contributed by atoms with van der Waals surface area (Å²) in [6.07, 6.45) is -4.86. The first-order valence-corrected chi connectivity index (χ1v) is 13.5. The van der Waals surface area contributed by atoms with Gasteiger partial charge in [0.25, 0.3) is 0 Å². The van der Waals surface area contributed by atoms with Crippen LogP contribution in [0.15, 0.2) is 52.7 Å². The molecule has 2 aliphatic rings. The van der Waals surface area contributed by atoms with E-state index in [1.54, 1.807) is 11.3 Å². The Morgan fingerprint density at radius 1 is 1.06 bits per heavy atom. The van der Waals surface area contributed by atoms with Crippen LogP contribution in [0.25, 0.3) is 10.6 Å². The third-order valence-electron chi connectivity index (χ3n) is 6.35. The highest BCUT2D eigenvalue weighted by Gasteiger charge is 2.47. The van der Waals surface area contributed by atoms with Crippen molar-refractivity contribution >= 4 is 38.8 Å². The molecule has 8 nitrogen and oxygen atoms in total. The van der Waals surface area contributed by atoms with E-state index in [1.165, 1.54) is 29.4 Å². The van der Waals surface area contributed by atoms with Crippen molar-refractivity contribution < 1.29 is 26.4 Å². The van der Waals surface area contributed by atoms with E-state index in [9.17, 15) is 26.4 Å². The van der Waals surface area contributed by atoms with E-state index >= 15 is 0 Å². The van der Waals surface area contributed by atoms with Gasteiger partial charge in [-0.2, -0.15) is 17.5 Å².